The number of hydrogen-bond acceptors (Lipinski definition) is 3. The van der Waals surface area contributed by atoms with E-state index in [-0.39, 0.29) is 17.4 Å². The van der Waals surface area contributed by atoms with Crippen LogP contribution in [0.2, 0.25) is 0 Å². The Kier molecular flexibility index (Phi) is 1.76. The van der Waals surface area contributed by atoms with Crippen molar-refractivity contribution in [3.8, 4) is 5.75 Å². The van der Waals surface area contributed by atoms with Crippen LogP contribution < -0.4 is 10.1 Å². The molecule has 0 fully saturated rings. The molecule has 0 radical (unpaired) electrons. The predicted molar refractivity (Wildman–Crippen MR) is 62.0 cm³/mol. The van der Waals surface area contributed by atoms with Gasteiger partial charge >= 0.3 is 0 Å². The largest absolute Gasteiger partial charge is 0.483 e. The monoisotopic (exact) mass is 229 g/mol. The number of carbonyl (C=O) groups is 2. The average Bonchev–Trinajstić information content (AvgIpc) is 2.51. The van der Waals surface area contributed by atoms with Gasteiger partial charge in [-0.3, -0.25) is 14.9 Å². The van der Waals surface area contributed by atoms with E-state index < -0.39 is 0 Å². The Balaban J connectivity index is 2.19. The first-order valence-electron chi connectivity index (χ1n) is 5.38. The zero-order valence-electron chi connectivity index (χ0n) is 9.53. The van der Waals surface area contributed by atoms with Crippen LogP contribution in [0.4, 0.5) is 0 Å². The molecular formula is C13H11NO3. The van der Waals surface area contributed by atoms with Crippen LogP contribution in [0.3, 0.4) is 0 Å². The molecule has 2 aliphatic rings. The van der Waals surface area contributed by atoms with Crippen LogP contribution in [-0.4, -0.2) is 17.4 Å². The van der Waals surface area contributed by atoms with Gasteiger partial charge in [0.1, 0.15) is 11.4 Å². The Labute approximate surface area is 98.3 Å². The molecule has 0 spiro atoms. The lowest BCUT2D eigenvalue weighted by Gasteiger charge is -2.28. The van der Waals surface area contributed by atoms with Gasteiger partial charge in [0.2, 0.25) is 0 Å². The molecule has 86 valence electrons. The van der Waals surface area contributed by atoms with E-state index in [2.05, 4.69) is 5.32 Å². The third-order valence-corrected chi connectivity index (χ3v) is 2.90. The lowest BCUT2D eigenvalue weighted by Crippen LogP contribution is -2.27. The Morgan fingerprint density at radius 3 is 2.47 bits per heavy atom. The van der Waals surface area contributed by atoms with Gasteiger partial charge < -0.3 is 4.74 Å². The molecule has 17 heavy (non-hydrogen) atoms. The lowest BCUT2D eigenvalue weighted by atomic mass is 9.98. The summed E-state index contributed by atoms with van der Waals surface area (Å²) < 4.78 is 5.75. The number of fused-ring (bicyclic) bond motifs is 2. The molecule has 0 bridgehead atoms. The van der Waals surface area contributed by atoms with Gasteiger partial charge in [0.25, 0.3) is 11.8 Å². The number of nitrogens with one attached hydrogen (secondary N) is 1. The van der Waals surface area contributed by atoms with Crippen molar-refractivity contribution < 1.29 is 14.3 Å². The summed E-state index contributed by atoms with van der Waals surface area (Å²) in [5.41, 5.74) is 1.25. The topological polar surface area (TPSA) is 55.4 Å². The van der Waals surface area contributed by atoms with Crippen LogP contribution >= 0.6 is 0 Å². The first kappa shape index (κ1) is 10.1. The van der Waals surface area contributed by atoms with Gasteiger partial charge in [0, 0.05) is 5.56 Å². The minimum Gasteiger partial charge on any atom is -0.483 e. The van der Waals surface area contributed by atoms with Crippen LogP contribution in [-0.2, 0) is 0 Å². The van der Waals surface area contributed by atoms with Gasteiger partial charge in [0.05, 0.1) is 11.1 Å². The summed E-state index contributed by atoms with van der Waals surface area (Å²) in [6.45, 7) is 3.87. The van der Waals surface area contributed by atoms with E-state index in [1.54, 1.807) is 12.1 Å². The lowest BCUT2D eigenvalue weighted by molar-refractivity contribution is 0.0879. The number of hydrogen-bond donors (Lipinski definition) is 1. The third-order valence-electron chi connectivity index (χ3n) is 2.90. The summed E-state index contributed by atoms with van der Waals surface area (Å²) in [6, 6.07) is 3.33. The standard InChI is InChI=1S/C13H11NO3/c1-13(2)4-3-7-5-8-9(6-10(7)17-13)12(16)14-11(8)15/h3-6H,1-2H3,(H,14,15,16). The highest BCUT2D eigenvalue weighted by atomic mass is 16.5. The van der Waals surface area contributed by atoms with Gasteiger partial charge in [-0.1, -0.05) is 6.08 Å². The fourth-order valence-corrected chi connectivity index (χ4v) is 2.04. The third kappa shape index (κ3) is 1.45. The molecule has 0 saturated carbocycles. The summed E-state index contributed by atoms with van der Waals surface area (Å²) in [4.78, 5) is 23.0. The Bertz CT molecular complexity index is 585. The Morgan fingerprint density at radius 2 is 1.76 bits per heavy atom. The van der Waals surface area contributed by atoms with E-state index in [4.69, 9.17) is 4.74 Å². The van der Waals surface area contributed by atoms with Crippen molar-refractivity contribution in [2.45, 2.75) is 19.4 Å². The maximum Gasteiger partial charge on any atom is 0.259 e. The maximum atomic E-state index is 11.5. The van der Waals surface area contributed by atoms with Crippen molar-refractivity contribution in [3.05, 3.63) is 34.9 Å². The number of imide groups is 1. The summed E-state index contributed by atoms with van der Waals surface area (Å²) in [6.07, 6.45) is 3.84. The van der Waals surface area contributed by atoms with Crippen molar-refractivity contribution in [2.24, 2.45) is 0 Å². The minimum absolute atomic E-state index is 0.342. The van der Waals surface area contributed by atoms with E-state index >= 15 is 0 Å². The average molecular weight is 229 g/mol. The Hall–Kier alpha value is -2.10. The summed E-state index contributed by atoms with van der Waals surface area (Å²) in [5, 5.41) is 2.27. The van der Waals surface area contributed by atoms with Crippen LogP contribution in [0.15, 0.2) is 18.2 Å². The molecule has 4 heteroatoms. The number of carbonyl (C=O) groups excluding carboxylic acids is 2. The van der Waals surface area contributed by atoms with Gasteiger partial charge in [-0.2, -0.15) is 0 Å². The van der Waals surface area contributed by atoms with Crippen LogP contribution in [0.5, 0.6) is 5.75 Å². The smallest absolute Gasteiger partial charge is 0.259 e. The summed E-state index contributed by atoms with van der Waals surface area (Å²) >= 11 is 0. The van der Waals surface area contributed by atoms with Gasteiger partial charge in [-0.05, 0) is 32.1 Å². The van der Waals surface area contributed by atoms with Crippen LogP contribution in [0.1, 0.15) is 40.1 Å². The number of ether oxygens (including phenoxy) is 1. The molecule has 0 saturated heterocycles. The molecule has 2 heterocycles. The first-order chi connectivity index (χ1) is 7.96. The molecule has 4 nitrogen and oxygen atoms in total. The normalized spacial score (nSPS) is 19.4. The van der Waals surface area contributed by atoms with Gasteiger partial charge in [0.15, 0.2) is 0 Å². The highest BCUT2D eigenvalue weighted by Gasteiger charge is 2.30. The second-order valence-corrected chi connectivity index (χ2v) is 4.76. The molecule has 1 N–H and O–H groups in total. The number of rotatable bonds is 0. The molecule has 0 atom stereocenters. The molecular weight excluding hydrogens is 218 g/mol. The van der Waals surface area contributed by atoms with E-state index in [1.807, 2.05) is 26.0 Å². The van der Waals surface area contributed by atoms with Crippen molar-refractivity contribution in [1.29, 1.82) is 0 Å². The van der Waals surface area contributed by atoms with Gasteiger partial charge in [-0.25, -0.2) is 0 Å². The van der Waals surface area contributed by atoms with Crippen molar-refractivity contribution in [1.82, 2.24) is 5.32 Å². The van der Waals surface area contributed by atoms with E-state index in [0.717, 1.165) is 5.56 Å². The molecule has 0 aliphatic carbocycles. The van der Waals surface area contributed by atoms with Crippen molar-refractivity contribution >= 4 is 17.9 Å². The maximum absolute atomic E-state index is 11.5. The van der Waals surface area contributed by atoms with Crippen molar-refractivity contribution in [2.75, 3.05) is 0 Å². The molecule has 2 amide bonds. The number of amides is 2. The van der Waals surface area contributed by atoms with Gasteiger partial charge in [-0.15, -0.1) is 0 Å². The zero-order chi connectivity index (χ0) is 12.2. The second kappa shape index (κ2) is 2.97. The van der Waals surface area contributed by atoms with Crippen LogP contribution in [0.25, 0.3) is 6.08 Å². The Morgan fingerprint density at radius 1 is 1.12 bits per heavy atom. The molecule has 0 unspecified atom stereocenters. The SMILES string of the molecule is CC1(C)C=Cc2cc3c(cc2O1)C(=O)NC3=O. The fourth-order valence-electron chi connectivity index (χ4n) is 2.04. The minimum atomic E-state index is -0.389. The molecule has 0 aromatic heterocycles. The molecule has 2 aliphatic heterocycles. The summed E-state index contributed by atoms with van der Waals surface area (Å²) in [5.74, 6) is -0.0594. The highest BCUT2D eigenvalue weighted by molar-refractivity contribution is 6.21. The predicted octanol–water partition coefficient (Wildman–Crippen LogP) is 1.75. The second-order valence-electron chi connectivity index (χ2n) is 4.76. The summed E-state index contributed by atoms with van der Waals surface area (Å²) in [7, 11) is 0. The molecule has 3 rings (SSSR count). The van der Waals surface area contributed by atoms with E-state index in [9.17, 15) is 9.59 Å². The fraction of sp³-hybridized carbons (Fsp3) is 0.231. The quantitative estimate of drug-likeness (QED) is 0.689. The molecule has 1 aromatic rings. The van der Waals surface area contributed by atoms with E-state index in [0.29, 0.717) is 16.9 Å². The van der Waals surface area contributed by atoms with Crippen LogP contribution in [0, 0.1) is 0 Å². The zero-order valence-corrected chi connectivity index (χ0v) is 9.53. The highest BCUT2D eigenvalue weighted by Crippen LogP contribution is 2.34. The first-order valence-corrected chi connectivity index (χ1v) is 5.38. The van der Waals surface area contributed by atoms with Crippen molar-refractivity contribution in [3.63, 3.8) is 0 Å². The molecule has 1 aromatic carbocycles. The number of benzene rings is 1. The van der Waals surface area contributed by atoms with E-state index in [1.165, 1.54) is 0 Å².